The second-order valence-corrected chi connectivity index (χ2v) is 11.2. The summed E-state index contributed by atoms with van der Waals surface area (Å²) in [5.74, 6) is 2.22. The molecule has 4 saturated carbocycles. The molecule has 0 spiro atoms. The molecule has 28 heavy (non-hydrogen) atoms. The Morgan fingerprint density at radius 1 is 1.07 bits per heavy atom. The largest absolute Gasteiger partial charge is 0.344 e. The average Bonchev–Trinajstić information content (AvgIpc) is 3.19. The zero-order chi connectivity index (χ0) is 19.5. The quantitative estimate of drug-likeness (QED) is 0.785. The minimum atomic E-state index is -0.501. The highest BCUT2D eigenvalue weighted by Crippen LogP contribution is 2.60. The smallest absolute Gasteiger partial charge is 0.248 e. The summed E-state index contributed by atoms with van der Waals surface area (Å²) in [6.07, 6.45) is 10.3. The number of hydrogen-bond acceptors (Lipinski definition) is 4. The molecule has 5 nitrogen and oxygen atoms in total. The van der Waals surface area contributed by atoms with Gasteiger partial charge < -0.3 is 10.6 Å². The number of anilines is 1. The monoisotopic (exact) mass is 401 g/mol. The molecule has 5 aliphatic rings. The summed E-state index contributed by atoms with van der Waals surface area (Å²) in [6, 6.07) is -0.501. The Balaban J connectivity index is 1.28. The second-order valence-electron chi connectivity index (χ2n) is 10.1. The molecule has 2 amide bonds. The summed E-state index contributed by atoms with van der Waals surface area (Å²) >= 11 is 1.59. The van der Waals surface area contributed by atoms with E-state index in [2.05, 4.69) is 15.6 Å². The van der Waals surface area contributed by atoms with Crippen molar-refractivity contribution in [1.29, 1.82) is 0 Å². The molecule has 0 aliphatic heterocycles. The highest BCUT2D eigenvalue weighted by molar-refractivity contribution is 7.15. The Labute approximate surface area is 171 Å². The molecule has 0 aromatic carbocycles. The molecule has 5 aliphatic carbocycles. The van der Waals surface area contributed by atoms with Crippen LogP contribution in [0.2, 0.25) is 0 Å². The first-order valence-corrected chi connectivity index (χ1v) is 11.8. The van der Waals surface area contributed by atoms with Crippen LogP contribution in [-0.2, 0) is 22.4 Å². The van der Waals surface area contributed by atoms with E-state index < -0.39 is 6.04 Å². The number of aromatic nitrogens is 1. The first kappa shape index (κ1) is 18.6. The lowest BCUT2D eigenvalue weighted by Gasteiger charge is -2.55. The van der Waals surface area contributed by atoms with Crippen LogP contribution >= 0.6 is 11.3 Å². The van der Waals surface area contributed by atoms with Gasteiger partial charge in [-0.05, 0) is 81.5 Å². The number of aryl methyl sites for hydroxylation is 2. The predicted octanol–water partition coefficient (Wildman–Crippen LogP) is 3.93. The van der Waals surface area contributed by atoms with E-state index in [-0.39, 0.29) is 23.1 Å². The fourth-order valence-corrected chi connectivity index (χ4v) is 7.70. The Bertz CT molecular complexity index is 743. The van der Waals surface area contributed by atoms with Crippen molar-refractivity contribution in [3.63, 3.8) is 0 Å². The van der Waals surface area contributed by atoms with E-state index in [0.717, 1.165) is 62.0 Å². The third kappa shape index (κ3) is 3.17. The summed E-state index contributed by atoms with van der Waals surface area (Å²) in [7, 11) is 0. The normalized spacial score (nSPS) is 33.8. The van der Waals surface area contributed by atoms with Crippen molar-refractivity contribution in [3.05, 3.63) is 10.6 Å². The molecule has 1 atom stereocenters. The molecule has 6 heteroatoms. The SMILES string of the molecule is CC(C)C(NC(=O)C12CC3CC(CC(C3)C1)C2)C(=O)Nc1nc2c(s1)CCC2. The second kappa shape index (κ2) is 6.82. The fraction of sp³-hybridized carbons (Fsp3) is 0.773. The molecule has 1 heterocycles. The predicted molar refractivity (Wildman–Crippen MR) is 110 cm³/mol. The van der Waals surface area contributed by atoms with Crippen molar-refractivity contribution >= 4 is 28.3 Å². The van der Waals surface area contributed by atoms with E-state index in [1.54, 1.807) is 11.3 Å². The topological polar surface area (TPSA) is 71.1 Å². The molecule has 0 radical (unpaired) electrons. The zero-order valence-electron chi connectivity index (χ0n) is 16.9. The van der Waals surface area contributed by atoms with Gasteiger partial charge in [0.05, 0.1) is 5.69 Å². The van der Waals surface area contributed by atoms with E-state index in [1.165, 1.54) is 24.1 Å². The van der Waals surface area contributed by atoms with Crippen molar-refractivity contribution in [3.8, 4) is 0 Å². The zero-order valence-corrected chi connectivity index (χ0v) is 17.7. The van der Waals surface area contributed by atoms with Gasteiger partial charge in [-0.15, -0.1) is 11.3 Å². The van der Waals surface area contributed by atoms with Gasteiger partial charge in [-0.3, -0.25) is 9.59 Å². The number of thiazole rings is 1. The van der Waals surface area contributed by atoms with Crippen LogP contribution in [0.3, 0.4) is 0 Å². The number of carbonyl (C=O) groups excluding carboxylic acids is 2. The number of carbonyl (C=O) groups is 2. The van der Waals surface area contributed by atoms with E-state index in [9.17, 15) is 9.59 Å². The maximum Gasteiger partial charge on any atom is 0.248 e. The first-order valence-electron chi connectivity index (χ1n) is 11.0. The van der Waals surface area contributed by atoms with E-state index in [4.69, 9.17) is 0 Å². The minimum Gasteiger partial charge on any atom is -0.344 e. The Morgan fingerprint density at radius 2 is 1.71 bits per heavy atom. The van der Waals surface area contributed by atoms with E-state index >= 15 is 0 Å². The van der Waals surface area contributed by atoms with Gasteiger partial charge in [0.25, 0.3) is 0 Å². The van der Waals surface area contributed by atoms with Gasteiger partial charge >= 0.3 is 0 Å². The Hall–Kier alpha value is -1.43. The van der Waals surface area contributed by atoms with Crippen molar-refractivity contribution in [2.45, 2.75) is 77.7 Å². The van der Waals surface area contributed by atoms with Crippen LogP contribution in [0.25, 0.3) is 0 Å². The summed E-state index contributed by atoms with van der Waals surface area (Å²) in [6.45, 7) is 4.01. The summed E-state index contributed by atoms with van der Waals surface area (Å²) in [5, 5.41) is 6.84. The third-order valence-corrected chi connectivity index (χ3v) is 8.65. The lowest BCUT2D eigenvalue weighted by atomic mass is 9.49. The molecule has 0 saturated heterocycles. The number of hydrogen-bond donors (Lipinski definition) is 2. The van der Waals surface area contributed by atoms with Crippen LogP contribution in [0.1, 0.15) is 69.4 Å². The minimum absolute atomic E-state index is 0.0460. The van der Waals surface area contributed by atoms with Gasteiger partial charge in [0.2, 0.25) is 11.8 Å². The molecule has 6 rings (SSSR count). The van der Waals surface area contributed by atoms with Crippen LogP contribution in [0, 0.1) is 29.1 Å². The summed E-state index contributed by atoms with van der Waals surface area (Å²) < 4.78 is 0. The van der Waals surface area contributed by atoms with E-state index in [1.807, 2.05) is 13.8 Å². The highest BCUT2D eigenvalue weighted by Gasteiger charge is 2.55. The summed E-state index contributed by atoms with van der Waals surface area (Å²) in [5.41, 5.74) is 0.920. The maximum atomic E-state index is 13.4. The van der Waals surface area contributed by atoms with Gasteiger partial charge in [0.15, 0.2) is 5.13 Å². The maximum absolute atomic E-state index is 13.4. The van der Waals surface area contributed by atoms with Crippen molar-refractivity contribution in [2.75, 3.05) is 5.32 Å². The molecule has 2 N–H and O–H groups in total. The molecule has 1 aromatic heterocycles. The molecule has 1 unspecified atom stereocenters. The Kier molecular flexibility index (Phi) is 4.53. The van der Waals surface area contributed by atoms with Crippen LogP contribution in [0.15, 0.2) is 0 Å². The molecular formula is C22H31N3O2S. The molecule has 4 fully saturated rings. The number of fused-ring (bicyclic) bond motifs is 1. The molecule has 1 aromatic rings. The van der Waals surface area contributed by atoms with Gasteiger partial charge in [-0.2, -0.15) is 0 Å². The first-order chi connectivity index (χ1) is 13.4. The van der Waals surface area contributed by atoms with Crippen LogP contribution < -0.4 is 10.6 Å². The summed E-state index contributed by atoms with van der Waals surface area (Å²) in [4.78, 5) is 32.2. The average molecular weight is 402 g/mol. The van der Waals surface area contributed by atoms with Gasteiger partial charge in [0, 0.05) is 10.3 Å². The van der Waals surface area contributed by atoms with Gasteiger partial charge in [-0.25, -0.2) is 4.98 Å². The van der Waals surface area contributed by atoms with Crippen LogP contribution in [0.5, 0.6) is 0 Å². The molecule has 152 valence electrons. The van der Waals surface area contributed by atoms with Gasteiger partial charge in [-0.1, -0.05) is 13.8 Å². The Morgan fingerprint density at radius 3 is 2.29 bits per heavy atom. The fourth-order valence-electron chi connectivity index (χ4n) is 6.65. The van der Waals surface area contributed by atoms with Crippen molar-refractivity contribution in [2.24, 2.45) is 29.1 Å². The molecule has 4 bridgehead atoms. The van der Waals surface area contributed by atoms with Crippen LogP contribution in [-0.4, -0.2) is 22.8 Å². The number of amides is 2. The van der Waals surface area contributed by atoms with Gasteiger partial charge in [0.1, 0.15) is 6.04 Å². The van der Waals surface area contributed by atoms with E-state index in [0.29, 0.717) is 5.13 Å². The van der Waals surface area contributed by atoms with Crippen molar-refractivity contribution < 1.29 is 9.59 Å². The third-order valence-electron chi connectivity index (χ3n) is 7.58. The standard InChI is InChI=1S/C22H31N3O2S/c1-12(2)18(19(26)25-21-23-16-4-3-5-17(16)28-21)24-20(27)22-9-13-6-14(10-22)8-15(7-13)11-22/h12-15,18H,3-11H2,1-2H3,(H,24,27)(H,23,25,26). The number of rotatable bonds is 5. The lowest BCUT2D eigenvalue weighted by molar-refractivity contribution is -0.148. The van der Waals surface area contributed by atoms with Crippen LogP contribution in [0.4, 0.5) is 5.13 Å². The molecular weight excluding hydrogens is 370 g/mol. The number of nitrogens with zero attached hydrogens (tertiary/aromatic N) is 1. The number of nitrogens with one attached hydrogen (secondary N) is 2. The lowest BCUT2D eigenvalue weighted by Crippen LogP contribution is -2.57. The van der Waals surface area contributed by atoms with Crippen molar-refractivity contribution in [1.82, 2.24) is 10.3 Å². The highest BCUT2D eigenvalue weighted by atomic mass is 32.1.